The minimum absolute atomic E-state index is 0.0919. The van der Waals surface area contributed by atoms with Gasteiger partial charge in [-0.05, 0) is 45.4 Å². The van der Waals surface area contributed by atoms with Crippen LogP contribution in [-0.4, -0.2) is 119 Å². The first-order chi connectivity index (χ1) is 23.0. The Morgan fingerprint density at radius 2 is 1.21 bits per heavy atom. The lowest BCUT2D eigenvalue weighted by atomic mass is 9.97. The fraction of sp³-hybridized carbons (Fsp3) is 0.853. The number of aliphatic hydroxyl groups is 4. The average Bonchev–Trinajstić information content (AvgIpc) is 3.03. The van der Waals surface area contributed by atoms with E-state index in [4.69, 9.17) is 33.2 Å². The Balaban J connectivity index is 1.81. The quantitative estimate of drug-likeness (QED) is 0.191. The molecule has 1 unspecified atom stereocenters. The zero-order chi connectivity index (χ0) is 35.1. The molecule has 48 heavy (non-hydrogen) atoms. The van der Waals surface area contributed by atoms with E-state index in [0.29, 0.717) is 12.8 Å². The average molecular weight is 689 g/mol. The molecule has 4 aliphatic heterocycles. The van der Waals surface area contributed by atoms with Crippen molar-refractivity contribution in [3.8, 4) is 0 Å². The normalized spacial score (nSPS) is 37.8. The lowest BCUT2D eigenvalue weighted by molar-refractivity contribution is -0.371. The van der Waals surface area contributed by atoms with Crippen LogP contribution in [0.5, 0.6) is 0 Å². The van der Waals surface area contributed by atoms with Gasteiger partial charge < -0.3 is 53.6 Å². The van der Waals surface area contributed by atoms with E-state index in [-0.39, 0.29) is 19.1 Å². The molecule has 4 rings (SSSR count). The van der Waals surface area contributed by atoms with E-state index in [1.807, 2.05) is 6.92 Å². The van der Waals surface area contributed by atoms with E-state index in [9.17, 15) is 34.8 Å². The highest BCUT2D eigenvalue weighted by Crippen LogP contribution is 2.32. The molecule has 4 heterocycles. The zero-order valence-corrected chi connectivity index (χ0v) is 28.5. The summed E-state index contributed by atoms with van der Waals surface area (Å²) in [6, 6.07) is 0. The van der Waals surface area contributed by atoms with Gasteiger partial charge in [0.05, 0.1) is 6.10 Å². The topological polar surface area (TPSA) is 197 Å². The lowest BCUT2D eigenvalue weighted by Crippen LogP contribution is -2.65. The summed E-state index contributed by atoms with van der Waals surface area (Å²) in [5.41, 5.74) is 0. The summed E-state index contributed by atoms with van der Waals surface area (Å²) in [5, 5.41) is 44.2. The lowest BCUT2D eigenvalue weighted by Gasteiger charge is -2.47. The van der Waals surface area contributed by atoms with Crippen molar-refractivity contribution in [1.29, 1.82) is 0 Å². The minimum Gasteiger partial charge on any atom is -0.463 e. The van der Waals surface area contributed by atoms with Gasteiger partial charge in [0.25, 0.3) is 0 Å². The van der Waals surface area contributed by atoms with E-state index in [0.717, 1.165) is 64.2 Å². The van der Waals surface area contributed by atoms with Crippen LogP contribution in [0, 0.1) is 0 Å². The molecule has 0 aromatic carbocycles. The van der Waals surface area contributed by atoms with Gasteiger partial charge in [0.15, 0.2) is 18.7 Å². The fourth-order valence-corrected chi connectivity index (χ4v) is 6.00. The van der Waals surface area contributed by atoms with Gasteiger partial charge in [0, 0.05) is 20.3 Å². The molecule has 2 bridgehead atoms. The molecule has 0 aromatic heterocycles. The van der Waals surface area contributed by atoms with Crippen LogP contribution in [0.3, 0.4) is 0 Å². The number of allylic oxidation sites excluding steroid dienone is 2. The molecular weight excluding hydrogens is 632 g/mol. The number of carbonyl (C=O) groups is 3. The Kier molecular flexibility index (Phi) is 17.7. The summed E-state index contributed by atoms with van der Waals surface area (Å²) >= 11 is 0. The molecular formula is C34H56O14. The fourth-order valence-electron chi connectivity index (χ4n) is 6.00. The number of ether oxygens (including phenoxy) is 7. The molecule has 0 radical (unpaired) electrons. The third-order valence-corrected chi connectivity index (χ3v) is 8.76. The van der Waals surface area contributed by atoms with Crippen molar-refractivity contribution in [2.75, 3.05) is 13.2 Å². The molecule has 14 nitrogen and oxygen atoms in total. The Morgan fingerprint density at radius 1 is 0.667 bits per heavy atom. The summed E-state index contributed by atoms with van der Waals surface area (Å²) in [6.07, 6.45) is 0.483. The molecule has 4 N–H and O–H groups in total. The summed E-state index contributed by atoms with van der Waals surface area (Å²) in [5.74, 6) is -1.86. The second-order valence-corrected chi connectivity index (χ2v) is 12.9. The molecule has 4 aliphatic rings. The standard InChI is InChI=1S/C34H56O14/c1-21-17-15-13-11-9-7-5-4-6-8-10-12-14-16-18-26(37)47-31-25(20-43-23(3)36)46-33(30(41)29(31)40)48-32-28(39)27(38)24(19-42-22(2)35)45-34(32)44-21/h4-5,21,24-25,27-34,38-41H,6-20H2,1-3H3/b5-4-/t21?,24-,25-,27-,28+,29-,30-,31-,32-,33+,34-/m1/s1. The highest BCUT2D eigenvalue weighted by Gasteiger charge is 2.53. The third-order valence-electron chi connectivity index (χ3n) is 8.76. The predicted molar refractivity (Wildman–Crippen MR) is 169 cm³/mol. The van der Waals surface area contributed by atoms with Crippen LogP contribution in [0.25, 0.3) is 0 Å². The number of hydrogen-bond acceptors (Lipinski definition) is 14. The summed E-state index contributed by atoms with van der Waals surface area (Å²) < 4.78 is 39.6. The molecule has 14 heteroatoms. The van der Waals surface area contributed by atoms with Crippen molar-refractivity contribution in [1.82, 2.24) is 0 Å². The van der Waals surface area contributed by atoms with Crippen LogP contribution in [-0.2, 0) is 47.5 Å². The van der Waals surface area contributed by atoms with Crippen molar-refractivity contribution >= 4 is 17.9 Å². The molecule has 11 atom stereocenters. The van der Waals surface area contributed by atoms with Crippen LogP contribution in [0.2, 0.25) is 0 Å². The van der Waals surface area contributed by atoms with Crippen LogP contribution >= 0.6 is 0 Å². The number of carbonyl (C=O) groups excluding carboxylic acids is 3. The molecule has 0 saturated carbocycles. The highest BCUT2D eigenvalue weighted by atomic mass is 16.8. The Morgan fingerprint density at radius 3 is 1.85 bits per heavy atom. The second-order valence-electron chi connectivity index (χ2n) is 12.9. The van der Waals surface area contributed by atoms with E-state index in [1.165, 1.54) is 13.8 Å². The molecule has 276 valence electrons. The number of rotatable bonds is 4. The third kappa shape index (κ3) is 13.3. The molecule has 2 saturated heterocycles. The van der Waals surface area contributed by atoms with Gasteiger partial charge in [-0.25, -0.2) is 0 Å². The van der Waals surface area contributed by atoms with Gasteiger partial charge in [-0.2, -0.15) is 0 Å². The number of fused-ring (bicyclic) bond motifs is 19. The zero-order valence-electron chi connectivity index (χ0n) is 28.5. The molecule has 0 aliphatic carbocycles. The monoisotopic (exact) mass is 688 g/mol. The van der Waals surface area contributed by atoms with Crippen LogP contribution in [0.4, 0.5) is 0 Å². The molecule has 0 amide bonds. The van der Waals surface area contributed by atoms with Gasteiger partial charge in [-0.15, -0.1) is 0 Å². The van der Waals surface area contributed by atoms with Crippen molar-refractivity contribution in [2.24, 2.45) is 0 Å². The second kappa shape index (κ2) is 21.1. The number of hydrogen-bond donors (Lipinski definition) is 4. The summed E-state index contributed by atoms with van der Waals surface area (Å²) in [7, 11) is 0. The van der Waals surface area contributed by atoms with Crippen molar-refractivity contribution < 1.29 is 68.0 Å². The summed E-state index contributed by atoms with van der Waals surface area (Å²) in [6.45, 7) is 3.42. The van der Waals surface area contributed by atoms with Gasteiger partial charge >= 0.3 is 17.9 Å². The van der Waals surface area contributed by atoms with Crippen molar-refractivity contribution in [2.45, 2.75) is 172 Å². The maximum Gasteiger partial charge on any atom is 0.306 e. The maximum atomic E-state index is 12.7. The summed E-state index contributed by atoms with van der Waals surface area (Å²) in [4.78, 5) is 35.8. The highest BCUT2D eigenvalue weighted by molar-refractivity contribution is 5.69. The molecule has 2 fully saturated rings. The Labute approximate surface area is 283 Å². The van der Waals surface area contributed by atoms with Crippen molar-refractivity contribution in [3.63, 3.8) is 0 Å². The first-order valence-electron chi connectivity index (χ1n) is 17.4. The van der Waals surface area contributed by atoms with E-state index >= 15 is 0 Å². The maximum absolute atomic E-state index is 12.7. The largest absolute Gasteiger partial charge is 0.463 e. The van der Waals surface area contributed by atoms with Gasteiger partial charge in [0.1, 0.15) is 55.9 Å². The smallest absolute Gasteiger partial charge is 0.306 e. The molecule has 0 spiro atoms. The van der Waals surface area contributed by atoms with Gasteiger partial charge in [-0.3, -0.25) is 14.4 Å². The predicted octanol–water partition coefficient (Wildman–Crippen LogP) is 2.35. The first-order valence-corrected chi connectivity index (χ1v) is 17.4. The van der Waals surface area contributed by atoms with E-state index < -0.39 is 85.9 Å². The number of esters is 3. The Hall–Kier alpha value is -2.17. The van der Waals surface area contributed by atoms with Crippen molar-refractivity contribution in [3.05, 3.63) is 12.2 Å². The van der Waals surface area contributed by atoms with Gasteiger partial charge in [-0.1, -0.05) is 50.7 Å². The van der Waals surface area contributed by atoms with Crippen LogP contribution in [0.1, 0.15) is 104 Å². The van der Waals surface area contributed by atoms with Crippen LogP contribution in [0.15, 0.2) is 12.2 Å². The van der Waals surface area contributed by atoms with Gasteiger partial charge in [0.2, 0.25) is 0 Å². The van der Waals surface area contributed by atoms with E-state index in [1.54, 1.807) is 0 Å². The van der Waals surface area contributed by atoms with E-state index in [2.05, 4.69) is 12.2 Å². The SMILES string of the molecule is CC(=O)OC[C@H]1O[C@H]2OC(C)CCCCCC/C=C\CCCCCCCC(=O)O[C@H]3[C@H](O)[C@@H](O)[C@H](O[C@@H]2[C@@H](O)[C@@H]1O)O[C@@H]3COC(C)=O. The first kappa shape index (κ1) is 40.3. The molecule has 0 aromatic rings. The Bertz CT molecular complexity index is 1010. The number of aliphatic hydroxyl groups excluding tert-OH is 4. The minimum atomic E-state index is -1.79. The van der Waals surface area contributed by atoms with Crippen LogP contribution < -0.4 is 0 Å².